The van der Waals surface area contributed by atoms with E-state index in [-0.39, 0.29) is 18.6 Å². The highest BCUT2D eigenvalue weighted by atomic mass is 16.3. The van der Waals surface area contributed by atoms with Crippen molar-refractivity contribution in [2.45, 2.75) is 31.9 Å². The fourth-order valence-corrected chi connectivity index (χ4v) is 1.48. The minimum absolute atomic E-state index is 0.0572. The zero-order chi connectivity index (χ0) is 9.35. The average molecular weight is 173 g/mol. The first-order chi connectivity index (χ1) is 5.45. The molecule has 1 unspecified atom stereocenters. The summed E-state index contributed by atoms with van der Waals surface area (Å²) in [6, 6.07) is -0.186. The number of carbonyl (C=O) groups excluding carboxylic acids is 1. The van der Waals surface area contributed by atoms with E-state index in [1.807, 2.05) is 0 Å². The van der Waals surface area contributed by atoms with Crippen LogP contribution in [-0.4, -0.2) is 34.4 Å². The van der Waals surface area contributed by atoms with E-state index in [0.29, 0.717) is 6.42 Å². The lowest BCUT2D eigenvalue weighted by Gasteiger charge is -2.22. The monoisotopic (exact) mass is 173 g/mol. The van der Waals surface area contributed by atoms with Crippen molar-refractivity contribution in [1.29, 1.82) is 0 Å². The number of hydrogen-bond donors (Lipinski definition) is 3. The molecule has 0 radical (unpaired) electrons. The molecule has 4 heteroatoms. The van der Waals surface area contributed by atoms with Crippen LogP contribution < -0.4 is 5.32 Å². The molecule has 0 aliphatic carbocycles. The molecule has 1 fully saturated rings. The Morgan fingerprint density at radius 3 is 2.50 bits per heavy atom. The summed E-state index contributed by atoms with van der Waals surface area (Å²) in [5.41, 5.74) is -0.992. The lowest BCUT2D eigenvalue weighted by molar-refractivity contribution is -0.128. The van der Waals surface area contributed by atoms with Crippen molar-refractivity contribution < 1.29 is 15.0 Å². The van der Waals surface area contributed by atoms with Gasteiger partial charge in [0.05, 0.1) is 24.2 Å². The van der Waals surface area contributed by atoms with Crippen LogP contribution in [0.1, 0.15) is 20.3 Å². The zero-order valence-electron chi connectivity index (χ0n) is 7.37. The Kier molecular flexibility index (Phi) is 2.39. The van der Waals surface area contributed by atoms with Crippen LogP contribution in [0.4, 0.5) is 0 Å². The van der Waals surface area contributed by atoms with Gasteiger partial charge in [-0.15, -0.1) is 0 Å². The van der Waals surface area contributed by atoms with E-state index in [0.717, 1.165) is 0 Å². The summed E-state index contributed by atoms with van der Waals surface area (Å²) in [6.07, 6.45) is 0.513. The van der Waals surface area contributed by atoms with Gasteiger partial charge in [-0.05, 0) is 20.3 Å². The molecular formula is C8H15NO3. The molecule has 3 N–H and O–H groups in total. The van der Waals surface area contributed by atoms with Gasteiger partial charge in [0.15, 0.2) is 0 Å². The third-order valence-corrected chi connectivity index (χ3v) is 2.26. The van der Waals surface area contributed by atoms with Crippen LogP contribution in [-0.2, 0) is 4.79 Å². The molecule has 2 atom stereocenters. The van der Waals surface area contributed by atoms with Crippen molar-refractivity contribution in [2.75, 3.05) is 6.61 Å². The highest BCUT2D eigenvalue weighted by Gasteiger charge is 2.40. The maximum Gasteiger partial charge on any atom is 0.226 e. The largest absolute Gasteiger partial charge is 0.394 e. The minimum atomic E-state index is -0.992. The van der Waals surface area contributed by atoms with Crippen molar-refractivity contribution in [2.24, 2.45) is 5.92 Å². The molecule has 70 valence electrons. The van der Waals surface area contributed by atoms with Crippen LogP contribution in [0.15, 0.2) is 0 Å². The molecule has 0 aromatic heterocycles. The van der Waals surface area contributed by atoms with Gasteiger partial charge in [-0.25, -0.2) is 0 Å². The van der Waals surface area contributed by atoms with Crippen LogP contribution in [0.5, 0.6) is 0 Å². The van der Waals surface area contributed by atoms with Gasteiger partial charge in [-0.3, -0.25) is 4.79 Å². The number of carbonyl (C=O) groups is 1. The summed E-state index contributed by atoms with van der Waals surface area (Å²) in [5.74, 6) is -0.559. The van der Waals surface area contributed by atoms with E-state index in [4.69, 9.17) is 5.11 Å². The molecule has 0 aromatic rings. The minimum Gasteiger partial charge on any atom is -0.394 e. The Balaban J connectivity index is 2.64. The molecular weight excluding hydrogens is 158 g/mol. The summed E-state index contributed by atoms with van der Waals surface area (Å²) >= 11 is 0. The number of rotatable bonds is 2. The maximum atomic E-state index is 11.2. The molecule has 1 aliphatic heterocycles. The number of aliphatic hydroxyl groups is 2. The lowest BCUT2D eigenvalue weighted by Crippen LogP contribution is -2.36. The van der Waals surface area contributed by atoms with Crippen molar-refractivity contribution in [3.63, 3.8) is 0 Å². The molecule has 0 bridgehead atoms. The Labute approximate surface area is 71.6 Å². The Hall–Kier alpha value is -0.610. The van der Waals surface area contributed by atoms with Crippen molar-refractivity contribution in [3.05, 3.63) is 0 Å². The van der Waals surface area contributed by atoms with Gasteiger partial charge in [0, 0.05) is 0 Å². The number of amides is 1. The molecule has 12 heavy (non-hydrogen) atoms. The normalized spacial score (nSPS) is 30.5. The molecule has 0 aromatic carbocycles. The van der Waals surface area contributed by atoms with E-state index in [2.05, 4.69) is 5.32 Å². The fraction of sp³-hybridized carbons (Fsp3) is 0.875. The topological polar surface area (TPSA) is 69.6 Å². The highest BCUT2D eigenvalue weighted by molar-refractivity contribution is 5.82. The molecule has 1 saturated heterocycles. The molecule has 1 amide bonds. The van der Waals surface area contributed by atoms with Gasteiger partial charge in [-0.1, -0.05) is 0 Å². The SMILES string of the molecule is CC(C)(O)C1C[C@@H](CO)NC1=O. The first-order valence-corrected chi connectivity index (χ1v) is 4.08. The van der Waals surface area contributed by atoms with Crippen molar-refractivity contribution >= 4 is 5.91 Å². The van der Waals surface area contributed by atoms with Crippen LogP contribution >= 0.6 is 0 Å². The van der Waals surface area contributed by atoms with Gasteiger partial charge in [-0.2, -0.15) is 0 Å². The summed E-state index contributed by atoms with van der Waals surface area (Å²) in [4.78, 5) is 11.2. The summed E-state index contributed by atoms with van der Waals surface area (Å²) in [5, 5.41) is 20.9. The summed E-state index contributed by atoms with van der Waals surface area (Å²) in [6.45, 7) is 3.16. The predicted octanol–water partition coefficient (Wildman–Crippen LogP) is -0.746. The van der Waals surface area contributed by atoms with Crippen LogP contribution in [0.3, 0.4) is 0 Å². The first kappa shape index (κ1) is 9.48. The second kappa shape index (κ2) is 3.03. The second-order valence-corrected chi connectivity index (χ2v) is 3.83. The maximum absolute atomic E-state index is 11.2. The molecule has 0 saturated carbocycles. The predicted molar refractivity (Wildman–Crippen MR) is 43.4 cm³/mol. The quantitative estimate of drug-likeness (QED) is 0.515. The Bertz CT molecular complexity index is 185. The van der Waals surface area contributed by atoms with Crippen molar-refractivity contribution in [1.82, 2.24) is 5.32 Å². The lowest BCUT2D eigenvalue weighted by atomic mass is 9.88. The van der Waals surface area contributed by atoms with Crippen LogP contribution in [0.2, 0.25) is 0 Å². The number of hydrogen-bond acceptors (Lipinski definition) is 3. The van der Waals surface area contributed by atoms with Crippen LogP contribution in [0.25, 0.3) is 0 Å². The number of aliphatic hydroxyl groups excluding tert-OH is 1. The van der Waals surface area contributed by atoms with Crippen molar-refractivity contribution in [3.8, 4) is 0 Å². The average Bonchev–Trinajstić information content (AvgIpc) is 2.29. The van der Waals surface area contributed by atoms with Crippen LogP contribution in [0, 0.1) is 5.92 Å². The highest BCUT2D eigenvalue weighted by Crippen LogP contribution is 2.26. The van der Waals surface area contributed by atoms with E-state index < -0.39 is 11.5 Å². The summed E-state index contributed by atoms with van der Waals surface area (Å²) < 4.78 is 0. The fourth-order valence-electron chi connectivity index (χ4n) is 1.48. The first-order valence-electron chi connectivity index (χ1n) is 4.08. The molecule has 4 nitrogen and oxygen atoms in total. The second-order valence-electron chi connectivity index (χ2n) is 3.83. The third-order valence-electron chi connectivity index (χ3n) is 2.26. The Morgan fingerprint density at radius 2 is 2.25 bits per heavy atom. The van der Waals surface area contributed by atoms with Gasteiger partial charge >= 0.3 is 0 Å². The third kappa shape index (κ3) is 1.76. The van der Waals surface area contributed by atoms with E-state index in [1.165, 1.54) is 0 Å². The van der Waals surface area contributed by atoms with E-state index in [9.17, 15) is 9.90 Å². The van der Waals surface area contributed by atoms with E-state index >= 15 is 0 Å². The molecule has 1 heterocycles. The summed E-state index contributed by atoms with van der Waals surface area (Å²) in [7, 11) is 0. The van der Waals surface area contributed by atoms with Gasteiger partial charge in [0.1, 0.15) is 0 Å². The smallest absolute Gasteiger partial charge is 0.226 e. The van der Waals surface area contributed by atoms with Gasteiger partial charge in [0.2, 0.25) is 5.91 Å². The Morgan fingerprint density at radius 1 is 1.67 bits per heavy atom. The molecule has 1 aliphatic rings. The molecule has 0 spiro atoms. The van der Waals surface area contributed by atoms with Gasteiger partial charge in [0.25, 0.3) is 0 Å². The van der Waals surface area contributed by atoms with E-state index in [1.54, 1.807) is 13.8 Å². The standard InChI is InChI=1S/C8H15NO3/c1-8(2,12)6-3-5(4-10)9-7(6)11/h5-6,10,12H,3-4H2,1-2H3,(H,9,11)/t5-,6?/m0/s1. The van der Waals surface area contributed by atoms with Gasteiger partial charge < -0.3 is 15.5 Å². The zero-order valence-corrected chi connectivity index (χ0v) is 7.37. The number of nitrogens with one attached hydrogen (secondary N) is 1. The molecule has 1 rings (SSSR count).